The van der Waals surface area contributed by atoms with Gasteiger partial charge in [-0.05, 0) is 32.9 Å². The lowest BCUT2D eigenvalue weighted by Gasteiger charge is -2.46. The summed E-state index contributed by atoms with van der Waals surface area (Å²) >= 11 is 0. The van der Waals surface area contributed by atoms with E-state index in [0.717, 1.165) is 11.4 Å². The van der Waals surface area contributed by atoms with Crippen LogP contribution in [-0.2, 0) is 9.53 Å². The number of para-hydroxylation sites is 2. The second-order valence-electron chi connectivity index (χ2n) is 6.67. The molecular weight excluding hydrogens is 282 g/mol. The number of ether oxygens (including phenoxy) is 1. The van der Waals surface area contributed by atoms with Gasteiger partial charge in [-0.25, -0.2) is 4.79 Å². The first-order chi connectivity index (χ1) is 10.3. The molecule has 1 saturated heterocycles. The van der Waals surface area contributed by atoms with Crippen molar-refractivity contribution >= 4 is 23.4 Å². The fourth-order valence-electron chi connectivity index (χ4n) is 2.72. The van der Waals surface area contributed by atoms with Crippen LogP contribution in [0.3, 0.4) is 0 Å². The predicted molar refractivity (Wildman–Crippen MR) is 84.0 cm³/mol. The predicted octanol–water partition coefficient (Wildman–Crippen LogP) is 2.06. The summed E-state index contributed by atoms with van der Waals surface area (Å²) in [6.45, 7) is 6.85. The molecule has 0 radical (unpaired) electrons. The lowest BCUT2D eigenvalue weighted by atomic mass is 10.0. The Hall–Kier alpha value is -2.24. The number of rotatable bonds is 1. The van der Waals surface area contributed by atoms with E-state index in [9.17, 15) is 9.59 Å². The first-order valence-electron chi connectivity index (χ1n) is 7.48. The third-order valence-corrected chi connectivity index (χ3v) is 3.74. The minimum Gasteiger partial charge on any atom is -0.444 e. The number of carbonyl (C=O) groups is 2. The zero-order valence-electron chi connectivity index (χ0n) is 13.1. The van der Waals surface area contributed by atoms with Gasteiger partial charge in [0.15, 0.2) is 0 Å². The van der Waals surface area contributed by atoms with Crippen LogP contribution in [0.4, 0.5) is 16.2 Å². The van der Waals surface area contributed by atoms with Crippen molar-refractivity contribution in [2.75, 3.05) is 29.9 Å². The molecule has 6 heteroatoms. The minimum absolute atomic E-state index is 0.0169. The SMILES string of the molecule is CC(C)(C)OC(=O)N1CC(N2C(=O)CNc3ccccc32)C1. The van der Waals surface area contributed by atoms with E-state index in [-0.39, 0.29) is 18.0 Å². The van der Waals surface area contributed by atoms with E-state index >= 15 is 0 Å². The highest BCUT2D eigenvalue weighted by Crippen LogP contribution is 2.33. The number of nitrogens with one attached hydrogen (secondary N) is 1. The van der Waals surface area contributed by atoms with Crippen LogP contribution in [0.2, 0.25) is 0 Å². The molecule has 0 spiro atoms. The number of hydrogen-bond acceptors (Lipinski definition) is 4. The summed E-state index contributed by atoms with van der Waals surface area (Å²) < 4.78 is 5.34. The van der Waals surface area contributed by atoms with E-state index < -0.39 is 5.60 Å². The molecule has 0 unspecified atom stereocenters. The summed E-state index contributed by atoms with van der Waals surface area (Å²) in [6, 6.07) is 7.75. The smallest absolute Gasteiger partial charge is 0.410 e. The van der Waals surface area contributed by atoms with Gasteiger partial charge in [0.05, 0.1) is 24.0 Å². The number of likely N-dealkylation sites (tertiary alicyclic amines) is 1. The van der Waals surface area contributed by atoms with Crippen molar-refractivity contribution < 1.29 is 14.3 Å². The van der Waals surface area contributed by atoms with Crippen molar-refractivity contribution in [3.8, 4) is 0 Å². The van der Waals surface area contributed by atoms with Crippen LogP contribution < -0.4 is 10.2 Å². The van der Waals surface area contributed by atoms with Crippen molar-refractivity contribution in [2.24, 2.45) is 0 Å². The maximum absolute atomic E-state index is 12.2. The maximum Gasteiger partial charge on any atom is 0.410 e. The first kappa shape index (κ1) is 14.7. The highest BCUT2D eigenvalue weighted by atomic mass is 16.6. The molecule has 2 aliphatic heterocycles. The second kappa shape index (κ2) is 5.19. The monoisotopic (exact) mass is 303 g/mol. The van der Waals surface area contributed by atoms with Crippen LogP contribution in [0.15, 0.2) is 24.3 Å². The average Bonchev–Trinajstić information content (AvgIpc) is 2.37. The normalized spacial score (nSPS) is 18.4. The van der Waals surface area contributed by atoms with Crippen LogP contribution in [0.1, 0.15) is 20.8 Å². The van der Waals surface area contributed by atoms with Crippen molar-refractivity contribution in [3.05, 3.63) is 24.3 Å². The van der Waals surface area contributed by atoms with Gasteiger partial charge in [0.25, 0.3) is 0 Å². The molecule has 22 heavy (non-hydrogen) atoms. The summed E-state index contributed by atoms with van der Waals surface area (Å²) in [5.74, 6) is 0.0348. The molecule has 1 N–H and O–H groups in total. The van der Waals surface area contributed by atoms with Gasteiger partial charge in [-0.3, -0.25) is 4.79 Å². The van der Waals surface area contributed by atoms with Gasteiger partial charge in [0.1, 0.15) is 5.60 Å². The topological polar surface area (TPSA) is 61.9 Å². The number of nitrogens with zero attached hydrogens (tertiary/aromatic N) is 2. The van der Waals surface area contributed by atoms with Gasteiger partial charge in [-0.15, -0.1) is 0 Å². The average molecular weight is 303 g/mol. The van der Waals surface area contributed by atoms with E-state index in [1.165, 1.54) is 0 Å². The molecule has 2 heterocycles. The molecule has 2 amide bonds. The molecule has 3 rings (SSSR count). The van der Waals surface area contributed by atoms with Crippen LogP contribution in [0.25, 0.3) is 0 Å². The number of benzene rings is 1. The molecule has 0 saturated carbocycles. The molecule has 1 aromatic rings. The van der Waals surface area contributed by atoms with Gasteiger partial charge in [-0.2, -0.15) is 0 Å². The van der Waals surface area contributed by atoms with Crippen LogP contribution in [-0.4, -0.2) is 48.2 Å². The van der Waals surface area contributed by atoms with E-state index in [4.69, 9.17) is 4.74 Å². The number of hydrogen-bond donors (Lipinski definition) is 1. The van der Waals surface area contributed by atoms with Crippen molar-refractivity contribution in [2.45, 2.75) is 32.4 Å². The lowest BCUT2D eigenvalue weighted by Crippen LogP contribution is -2.64. The highest BCUT2D eigenvalue weighted by molar-refractivity contribution is 6.03. The third kappa shape index (κ3) is 2.73. The number of fused-ring (bicyclic) bond motifs is 1. The van der Waals surface area contributed by atoms with E-state index in [1.807, 2.05) is 45.0 Å². The Balaban J connectivity index is 1.68. The fraction of sp³-hybridized carbons (Fsp3) is 0.500. The molecule has 0 aliphatic carbocycles. The van der Waals surface area contributed by atoms with Gasteiger partial charge in [-0.1, -0.05) is 12.1 Å². The van der Waals surface area contributed by atoms with Crippen LogP contribution in [0, 0.1) is 0 Å². The van der Waals surface area contributed by atoms with Crippen molar-refractivity contribution in [1.82, 2.24) is 4.90 Å². The van der Waals surface area contributed by atoms with Crippen molar-refractivity contribution in [1.29, 1.82) is 0 Å². The molecule has 0 atom stereocenters. The number of carbonyl (C=O) groups excluding carboxylic acids is 2. The highest BCUT2D eigenvalue weighted by Gasteiger charge is 2.41. The lowest BCUT2D eigenvalue weighted by molar-refractivity contribution is -0.118. The zero-order chi connectivity index (χ0) is 15.9. The van der Waals surface area contributed by atoms with Gasteiger partial charge in [0, 0.05) is 13.1 Å². The summed E-state index contributed by atoms with van der Waals surface area (Å²) in [6.07, 6.45) is -0.320. The molecule has 6 nitrogen and oxygen atoms in total. The maximum atomic E-state index is 12.2. The Morgan fingerprint density at radius 1 is 1.27 bits per heavy atom. The molecule has 0 aromatic heterocycles. The first-order valence-corrected chi connectivity index (χ1v) is 7.48. The second-order valence-corrected chi connectivity index (χ2v) is 6.67. The van der Waals surface area contributed by atoms with Crippen molar-refractivity contribution in [3.63, 3.8) is 0 Å². The Kier molecular flexibility index (Phi) is 3.47. The number of amides is 2. The Labute approximate surface area is 130 Å². The summed E-state index contributed by atoms with van der Waals surface area (Å²) in [4.78, 5) is 27.6. The van der Waals surface area contributed by atoms with E-state index in [0.29, 0.717) is 19.6 Å². The summed E-state index contributed by atoms with van der Waals surface area (Å²) in [5, 5.41) is 3.11. The third-order valence-electron chi connectivity index (χ3n) is 3.74. The quantitative estimate of drug-likeness (QED) is 0.862. The summed E-state index contributed by atoms with van der Waals surface area (Å²) in [5.41, 5.74) is 1.34. The Morgan fingerprint density at radius 2 is 1.95 bits per heavy atom. The fourth-order valence-corrected chi connectivity index (χ4v) is 2.72. The zero-order valence-corrected chi connectivity index (χ0v) is 13.1. The minimum atomic E-state index is -0.500. The van der Waals surface area contributed by atoms with Gasteiger partial charge < -0.3 is 19.9 Å². The Bertz CT molecular complexity index is 603. The van der Waals surface area contributed by atoms with Gasteiger partial charge >= 0.3 is 6.09 Å². The molecular formula is C16H21N3O3. The standard InChI is InChI=1S/C16H21N3O3/c1-16(2,3)22-15(21)18-9-11(10-18)19-13-7-5-4-6-12(13)17-8-14(19)20/h4-7,11,17H,8-10H2,1-3H3. The molecule has 1 aromatic carbocycles. The molecule has 0 bridgehead atoms. The Morgan fingerprint density at radius 3 is 2.64 bits per heavy atom. The van der Waals surface area contributed by atoms with E-state index in [2.05, 4.69) is 5.32 Å². The molecule has 118 valence electrons. The molecule has 2 aliphatic rings. The van der Waals surface area contributed by atoms with Crippen LogP contribution in [0.5, 0.6) is 0 Å². The van der Waals surface area contributed by atoms with E-state index in [1.54, 1.807) is 9.80 Å². The van der Waals surface area contributed by atoms with Crippen LogP contribution >= 0.6 is 0 Å². The largest absolute Gasteiger partial charge is 0.444 e. The number of anilines is 2. The molecule has 1 fully saturated rings. The van der Waals surface area contributed by atoms with Gasteiger partial charge in [0.2, 0.25) is 5.91 Å². The summed E-state index contributed by atoms with van der Waals surface area (Å²) in [7, 11) is 0.